The summed E-state index contributed by atoms with van der Waals surface area (Å²) in [5.41, 5.74) is 0. The van der Waals surface area contributed by atoms with Crippen LogP contribution in [-0.4, -0.2) is 45.5 Å². The molecule has 1 amide bonds. The third-order valence-corrected chi connectivity index (χ3v) is 2.65. The van der Waals surface area contributed by atoms with Gasteiger partial charge in [-0.2, -0.15) is 0 Å². The number of hydrogen-bond donors (Lipinski definition) is 2. The number of rotatable bonds is 7. The molecule has 0 atom stereocenters. The molecule has 0 spiro atoms. The smallest absolute Gasteiger partial charge is 0.221 e. The van der Waals surface area contributed by atoms with Crippen LogP contribution in [0.1, 0.15) is 20.3 Å². The highest BCUT2D eigenvalue weighted by molar-refractivity contribution is 7.90. The fourth-order valence-electron chi connectivity index (χ4n) is 0.929. The molecule has 0 aromatic heterocycles. The van der Waals surface area contributed by atoms with Crippen LogP contribution < -0.4 is 10.6 Å². The van der Waals surface area contributed by atoms with Crippen LogP contribution in [-0.2, 0) is 14.6 Å². The number of hydrogen-bond acceptors (Lipinski definition) is 4. The Bertz CT molecular complexity index is 286. The van der Waals surface area contributed by atoms with Crippen LogP contribution in [0.4, 0.5) is 0 Å². The number of carbonyl (C=O) groups excluding carboxylic acids is 1. The number of sulfone groups is 1. The van der Waals surface area contributed by atoms with Gasteiger partial charge < -0.3 is 10.6 Å². The number of carbonyl (C=O) groups is 1. The predicted molar refractivity (Wildman–Crippen MR) is 60.5 cm³/mol. The maximum Gasteiger partial charge on any atom is 0.221 e. The van der Waals surface area contributed by atoms with Crippen molar-refractivity contribution in [2.24, 2.45) is 0 Å². The van der Waals surface area contributed by atoms with Crippen molar-refractivity contribution < 1.29 is 13.2 Å². The molecule has 0 rings (SSSR count). The minimum absolute atomic E-state index is 0.0422. The van der Waals surface area contributed by atoms with E-state index in [1.54, 1.807) is 0 Å². The summed E-state index contributed by atoms with van der Waals surface area (Å²) in [5.74, 6) is -0.304. The van der Waals surface area contributed by atoms with Crippen LogP contribution in [0.15, 0.2) is 0 Å². The van der Waals surface area contributed by atoms with E-state index in [1.165, 1.54) is 0 Å². The van der Waals surface area contributed by atoms with Gasteiger partial charge in [-0.3, -0.25) is 4.79 Å². The van der Waals surface area contributed by atoms with Crippen molar-refractivity contribution >= 4 is 15.7 Å². The minimum atomic E-state index is -3.04. The van der Waals surface area contributed by atoms with E-state index in [1.807, 2.05) is 13.8 Å². The summed E-state index contributed by atoms with van der Waals surface area (Å²) in [6, 6.07) is 0.387. The monoisotopic (exact) mass is 236 g/mol. The molecule has 0 aliphatic carbocycles. The Hall–Kier alpha value is -0.620. The van der Waals surface area contributed by atoms with E-state index in [0.717, 1.165) is 6.26 Å². The van der Waals surface area contributed by atoms with Crippen molar-refractivity contribution in [2.75, 3.05) is 25.1 Å². The third-order valence-electron chi connectivity index (χ3n) is 1.70. The van der Waals surface area contributed by atoms with E-state index >= 15 is 0 Å². The van der Waals surface area contributed by atoms with Crippen LogP contribution in [0.25, 0.3) is 0 Å². The first-order valence-corrected chi connectivity index (χ1v) is 7.05. The molecule has 0 radical (unpaired) electrons. The molecule has 0 heterocycles. The fraction of sp³-hybridized carbons (Fsp3) is 0.889. The lowest BCUT2D eigenvalue weighted by atomic mass is 10.4. The Morgan fingerprint density at radius 3 is 2.33 bits per heavy atom. The molecule has 2 N–H and O–H groups in total. The van der Waals surface area contributed by atoms with Crippen molar-refractivity contribution in [1.29, 1.82) is 0 Å². The second-order valence-electron chi connectivity index (χ2n) is 3.84. The van der Waals surface area contributed by atoms with Crippen LogP contribution in [0.2, 0.25) is 0 Å². The normalized spacial score (nSPS) is 11.7. The lowest BCUT2D eigenvalue weighted by Gasteiger charge is -2.08. The van der Waals surface area contributed by atoms with Gasteiger partial charge in [0.2, 0.25) is 5.91 Å². The maximum absolute atomic E-state index is 11.1. The van der Waals surface area contributed by atoms with E-state index in [2.05, 4.69) is 10.6 Å². The van der Waals surface area contributed by atoms with Crippen LogP contribution in [0.5, 0.6) is 0 Å². The van der Waals surface area contributed by atoms with Gasteiger partial charge in [0.15, 0.2) is 0 Å². The molecule has 0 fully saturated rings. The molecule has 5 nitrogen and oxygen atoms in total. The molecule has 0 aromatic rings. The molecule has 15 heavy (non-hydrogen) atoms. The number of amides is 1. The first-order chi connectivity index (χ1) is 6.81. The summed E-state index contributed by atoms with van der Waals surface area (Å²) in [4.78, 5) is 11.1. The van der Waals surface area contributed by atoms with Crippen LogP contribution in [0, 0.1) is 0 Å². The summed E-state index contributed by atoms with van der Waals surface area (Å²) in [6.45, 7) is 5.26. The van der Waals surface area contributed by atoms with E-state index in [0.29, 0.717) is 19.1 Å². The quantitative estimate of drug-likeness (QED) is 0.586. The van der Waals surface area contributed by atoms with E-state index < -0.39 is 9.84 Å². The molecule has 0 aliphatic rings. The topological polar surface area (TPSA) is 75.3 Å². The molecule has 6 heteroatoms. The highest BCUT2D eigenvalue weighted by atomic mass is 32.2. The Balaban J connectivity index is 3.50. The van der Waals surface area contributed by atoms with Gasteiger partial charge in [-0.25, -0.2) is 8.42 Å². The van der Waals surface area contributed by atoms with E-state index in [9.17, 15) is 13.2 Å². The molecule has 0 aromatic carbocycles. The van der Waals surface area contributed by atoms with Crippen molar-refractivity contribution in [3.05, 3.63) is 0 Å². The maximum atomic E-state index is 11.1. The van der Waals surface area contributed by atoms with Gasteiger partial charge >= 0.3 is 0 Å². The second kappa shape index (κ2) is 6.79. The van der Waals surface area contributed by atoms with Gasteiger partial charge in [0, 0.05) is 31.8 Å². The molecular formula is C9H20N2O3S. The summed E-state index contributed by atoms with van der Waals surface area (Å²) < 4.78 is 21.5. The zero-order valence-electron chi connectivity index (χ0n) is 9.54. The van der Waals surface area contributed by atoms with Crippen LogP contribution >= 0.6 is 0 Å². The lowest BCUT2D eigenvalue weighted by Crippen LogP contribution is -2.35. The van der Waals surface area contributed by atoms with Crippen molar-refractivity contribution in [1.82, 2.24) is 10.6 Å². The molecule has 90 valence electrons. The highest BCUT2D eigenvalue weighted by Crippen LogP contribution is 1.88. The third kappa shape index (κ3) is 11.3. The summed E-state index contributed by atoms with van der Waals surface area (Å²) >= 11 is 0. The zero-order valence-corrected chi connectivity index (χ0v) is 10.4. The van der Waals surface area contributed by atoms with E-state index in [4.69, 9.17) is 0 Å². The van der Waals surface area contributed by atoms with Gasteiger partial charge in [0.1, 0.15) is 9.84 Å². The average Bonchev–Trinajstić information content (AvgIpc) is 2.07. The summed E-state index contributed by atoms with van der Waals surface area (Å²) in [5, 5.41) is 5.78. The SMILES string of the molecule is CC(C)NCCNC(=O)CCS(C)(=O)=O. The van der Waals surface area contributed by atoms with Gasteiger partial charge in [-0.05, 0) is 0 Å². The zero-order chi connectivity index (χ0) is 11.9. The lowest BCUT2D eigenvalue weighted by molar-refractivity contribution is -0.120. The van der Waals surface area contributed by atoms with Crippen molar-refractivity contribution in [3.8, 4) is 0 Å². The Morgan fingerprint density at radius 1 is 1.27 bits per heavy atom. The largest absolute Gasteiger partial charge is 0.355 e. The Kier molecular flexibility index (Phi) is 6.51. The van der Waals surface area contributed by atoms with Crippen LogP contribution in [0.3, 0.4) is 0 Å². The number of nitrogens with one attached hydrogen (secondary N) is 2. The molecular weight excluding hydrogens is 216 g/mol. The minimum Gasteiger partial charge on any atom is -0.355 e. The first-order valence-electron chi connectivity index (χ1n) is 4.99. The molecule has 0 saturated heterocycles. The van der Waals surface area contributed by atoms with Gasteiger partial charge in [-0.15, -0.1) is 0 Å². The van der Waals surface area contributed by atoms with E-state index in [-0.39, 0.29) is 18.1 Å². The van der Waals surface area contributed by atoms with Gasteiger partial charge in [-0.1, -0.05) is 13.8 Å². The van der Waals surface area contributed by atoms with Gasteiger partial charge in [0.25, 0.3) is 0 Å². The van der Waals surface area contributed by atoms with Crippen molar-refractivity contribution in [2.45, 2.75) is 26.3 Å². The Morgan fingerprint density at radius 2 is 1.87 bits per heavy atom. The standard InChI is InChI=1S/C9H20N2O3S/c1-8(2)10-5-6-11-9(12)4-7-15(3,13)14/h8,10H,4-7H2,1-3H3,(H,11,12). The molecule has 0 saturated carbocycles. The highest BCUT2D eigenvalue weighted by Gasteiger charge is 2.06. The average molecular weight is 236 g/mol. The second-order valence-corrected chi connectivity index (χ2v) is 6.10. The molecule has 0 aliphatic heterocycles. The summed E-state index contributed by atoms with van der Waals surface area (Å²) in [6.07, 6.45) is 1.17. The first kappa shape index (κ1) is 14.4. The van der Waals surface area contributed by atoms with Gasteiger partial charge in [0.05, 0.1) is 5.75 Å². The molecule has 0 bridgehead atoms. The van der Waals surface area contributed by atoms with Crippen molar-refractivity contribution in [3.63, 3.8) is 0 Å². The molecule has 0 unspecified atom stereocenters. The Labute approximate surface area is 91.5 Å². The summed E-state index contributed by atoms with van der Waals surface area (Å²) in [7, 11) is -3.04. The fourth-order valence-corrected chi connectivity index (χ4v) is 1.49. The predicted octanol–water partition coefficient (Wildman–Crippen LogP) is -0.465.